The van der Waals surface area contributed by atoms with Crippen molar-refractivity contribution in [2.45, 2.75) is 6.42 Å². The molecule has 2 heterocycles. The molecule has 6 nitrogen and oxygen atoms in total. The van der Waals surface area contributed by atoms with Crippen LogP contribution in [-0.4, -0.2) is 27.2 Å². The van der Waals surface area contributed by atoms with E-state index in [-0.39, 0.29) is 6.03 Å². The van der Waals surface area contributed by atoms with Gasteiger partial charge in [0.25, 0.3) is 0 Å². The van der Waals surface area contributed by atoms with Crippen LogP contribution in [0, 0.1) is 0 Å². The number of anilines is 1. The molecule has 106 valence electrons. The van der Waals surface area contributed by atoms with Gasteiger partial charge in [-0.2, -0.15) is 5.10 Å². The Morgan fingerprint density at radius 2 is 2.00 bits per heavy atom. The molecule has 0 fully saturated rings. The van der Waals surface area contributed by atoms with Crippen molar-refractivity contribution in [3.8, 4) is 0 Å². The van der Waals surface area contributed by atoms with Gasteiger partial charge < -0.3 is 10.6 Å². The van der Waals surface area contributed by atoms with Crippen LogP contribution in [0.2, 0.25) is 0 Å². The zero-order valence-corrected chi connectivity index (χ0v) is 11.4. The van der Waals surface area contributed by atoms with E-state index in [4.69, 9.17) is 0 Å². The molecule has 0 saturated heterocycles. The number of aromatic nitrogens is 3. The third-order valence-corrected chi connectivity index (χ3v) is 3.09. The summed E-state index contributed by atoms with van der Waals surface area (Å²) in [5.41, 5.74) is 2.44. The molecule has 1 aromatic carbocycles. The smallest absolute Gasteiger partial charge is 0.319 e. The highest BCUT2D eigenvalue weighted by Gasteiger charge is 2.06. The molecule has 0 atom stereocenters. The van der Waals surface area contributed by atoms with E-state index in [1.807, 2.05) is 30.3 Å². The Morgan fingerprint density at radius 3 is 2.86 bits per heavy atom. The predicted octanol–water partition coefficient (Wildman–Crippen LogP) is 2.09. The lowest BCUT2D eigenvalue weighted by molar-refractivity contribution is 0.252. The fourth-order valence-corrected chi connectivity index (χ4v) is 2.08. The van der Waals surface area contributed by atoms with E-state index in [9.17, 15) is 4.79 Å². The second-order valence-corrected chi connectivity index (χ2v) is 4.57. The topological polar surface area (TPSA) is 71.3 Å². The Balaban J connectivity index is 1.56. The Bertz CT molecular complexity index is 738. The molecular formula is C15H15N5O. The van der Waals surface area contributed by atoms with Crippen molar-refractivity contribution >= 4 is 17.4 Å². The van der Waals surface area contributed by atoms with E-state index in [2.05, 4.69) is 20.7 Å². The summed E-state index contributed by atoms with van der Waals surface area (Å²) in [6.45, 7) is 0.575. The Kier molecular flexibility index (Phi) is 3.77. The lowest BCUT2D eigenvalue weighted by Crippen LogP contribution is -2.30. The third kappa shape index (κ3) is 3.17. The van der Waals surface area contributed by atoms with Crippen LogP contribution in [0.3, 0.4) is 0 Å². The molecular weight excluding hydrogens is 266 g/mol. The second kappa shape index (κ2) is 6.04. The van der Waals surface area contributed by atoms with Crippen LogP contribution in [0.5, 0.6) is 0 Å². The van der Waals surface area contributed by atoms with Gasteiger partial charge in [-0.25, -0.2) is 14.3 Å². The van der Waals surface area contributed by atoms with Gasteiger partial charge in [-0.3, -0.25) is 0 Å². The van der Waals surface area contributed by atoms with Gasteiger partial charge in [-0.05, 0) is 24.1 Å². The molecule has 0 bridgehead atoms. The number of amides is 2. The zero-order chi connectivity index (χ0) is 14.5. The summed E-state index contributed by atoms with van der Waals surface area (Å²) in [6.07, 6.45) is 4.03. The van der Waals surface area contributed by atoms with Crippen molar-refractivity contribution in [1.29, 1.82) is 0 Å². The summed E-state index contributed by atoms with van der Waals surface area (Å²) in [4.78, 5) is 16.0. The molecule has 0 radical (unpaired) electrons. The summed E-state index contributed by atoms with van der Waals surface area (Å²) in [5, 5.41) is 9.64. The summed E-state index contributed by atoms with van der Waals surface area (Å²) in [5.74, 6) is 0. The number of hydrogen-bond donors (Lipinski definition) is 2. The summed E-state index contributed by atoms with van der Waals surface area (Å²) < 4.78 is 1.61. The van der Waals surface area contributed by atoms with E-state index >= 15 is 0 Å². The van der Waals surface area contributed by atoms with Gasteiger partial charge >= 0.3 is 6.03 Å². The first-order chi connectivity index (χ1) is 10.3. The number of carbonyl (C=O) groups excluding carboxylic acids is 1. The van der Waals surface area contributed by atoms with E-state index in [1.165, 1.54) is 11.9 Å². The number of rotatable bonds is 4. The quantitative estimate of drug-likeness (QED) is 0.769. The van der Waals surface area contributed by atoms with E-state index in [0.717, 1.165) is 6.42 Å². The van der Waals surface area contributed by atoms with Crippen LogP contribution < -0.4 is 10.6 Å². The van der Waals surface area contributed by atoms with Crippen molar-refractivity contribution in [1.82, 2.24) is 19.9 Å². The number of urea groups is 1. The van der Waals surface area contributed by atoms with Gasteiger partial charge in [0.2, 0.25) is 0 Å². The predicted molar refractivity (Wildman–Crippen MR) is 80.2 cm³/mol. The summed E-state index contributed by atoms with van der Waals surface area (Å²) in [6, 6.07) is 13.4. The molecule has 0 aliphatic rings. The fraction of sp³-hybridized carbons (Fsp3) is 0.133. The molecule has 0 saturated carbocycles. The molecule has 2 amide bonds. The SMILES string of the molecule is O=C(NCCc1ccccc1)Nc1cccn2ncnc12. The maximum absolute atomic E-state index is 11.9. The Morgan fingerprint density at radius 1 is 1.14 bits per heavy atom. The second-order valence-electron chi connectivity index (χ2n) is 4.57. The first kappa shape index (κ1) is 13.1. The van der Waals surface area contributed by atoms with Gasteiger partial charge in [-0.1, -0.05) is 30.3 Å². The van der Waals surface area contributed by atoms with Crippen LogP contribution in [0.4, 0.5) is 10.5 Å². The lowest BCUT2D eigenvalue weighted by atomic mass is 10.1. The van der Waals surface area contributed by atoms with Gasteiger partial charge in [0.05, 0.1) is 5.69 Å². The molecule has 6 heteroatoms. The minimum atomic E-state index is -0.248. The maximum Gasteiger partial charge on any atom is 0.319 e. The van der Waals surface area contributed by atoms with Crippen molar-refractivity contribution in [3.05, 3.63) is 60.6 Å². The highest BCUT2D eigenvalue weighted by Crippen LogP contribution is 2.12. The molecule has 0 unspecified atom stereocenters. The zero-order valence-electron chi connectivity index (χ0n) is 11.4. The van der Waals surface area contributed by atoms with E-state index in [1.54, 1.807) is 22.8 Å². The average Bonchev–Trinajstić information content (AvgIpc) is 2.98. The fourth-order valence-electron chi connectivity index (χ4n) is 2.08. The molecule has 0 spiro atoms. The van der Waals surface area contributed by atoms with Crippen LogP contribution in [0.15, 0.2) is 55.0 Å². The number of nitrogens with zero attached hydrogens (tertiary/aromatic N) is 3. The molecule has 0 aliphatic carbocycles. The van der Waals surface area contributed by atoms with Crippen LogP contribution in [-0.2, 0) is 6.42 Å². The van der Waals surface area contributed by atoms with E-state index < -0.39 is 0 Å². The first-order valence-corrected chi connectivity index (χ1v) is 6.70. The number of nitrogens with one attached hydrogen (secondary N) is 2. The highest BCUT2D eigenvalue weighted by molar-refractivity contribution is 5.92. The van der Waals surface area contributed by atoms with Crippen LogP contribution in [0.1, 0.15) is 5.56 Å². The van der Waals surface area contributed by atoms with Crippen molar-refractivity contribution < 1.29 is 4.79 Å². The largest absolute Gasteiger partial charge is 0.338 e. The maximum atomic E-state index is 11.9. The Labute approximate surface area is 121 Å². The first-order valence-electron chi connectivity index (χ1n) is 6.70. The molecule has 3 aromatic rings. The van der Waals surface area contributed by atoms with Gasteiger partial charge in [0.1, 0.15) is 6.33 Å². The van der Waals surface area contributed by atoms with Crippen molar-refractivity contribution in [2.24, 2.45) is 0 Å². The monoisotopic (exact) mass is 281 g/mol. The highest BCUT2D eigenvalue weighted by atomic mass is 16.2. The number of fused-ring (bicyclic) bond motifs is 1. The van der Waals surface area contributed by atoms with Crippen molar-refractivity contribution in [2.75, 3.05) is 11.9 Å². The van der Waals surface area contributed by atoms with Crippen LogP contribution >= 0.6 is 0 Å². The summed E-state index contributed by atoms with van der Waals surface area (Å²) >= 11 is 0. The van der Waals surface area contributed by atoms with E-state index in [0.29, 0.717) is 17.9 Å². The summed E-state index contributed by atoms with van der Waals surface area (Å²) in [7, 11) is 0. The third-order valence-electron chi connectivity index (χ3n) is 3.09. The molecule has 21 heavy (non-hydrogen) atoms. The number of carbonyl (C=O) groups is 1. The van der Waals surface area contributed by atoms with Gasteiger partial charge in [-0.15, -0.1) is 0 Å². The van der Waals surface area contributed by atoms with Crippen LogP contribution in [0.25, 0.3) is 5.65 Å². The number of hydrogen-bond acceptors (Lipinski definition) is 3. The molecule has 2 aromatic heterocycles. The normalized spacial score (nSPS) is 10.5. The van der Waals surface area contributed by atoms with Gasteiger partial charge in [0.15, 0.2) is 5.65 Å². The number of pyridine rings is 1. The minimum Gasteiger partial charge on any atom is -0.338 e. The van der Waals surface area contributed by atoms with Gasteiger partial charge in [0, 0.05) is 12.7 Å². The minimum absolute atomic E-state index is 0.248. The average molecular weight is 281 g/mol. The molecule has 0 aliphatic heterocycles. The number of benzene rings is 1. The molecule has 3 rings (SSSR count). The standard InChI is InChI=1S/C15H15N5O/c21-15(16-9-8-12-5-2-1-3-6-12)19-13-7-4-10-20-14(13)17-11-18-20/h1-7,10-11H,8-9H2,(H2,16,19,21). The Hall–Kier alpha value is -2.89. The molecule has 2 N–H and O–H groups in total. The lowest BCUT2D eigenvalue weighted by Gasteiger charge is -2.08. The van der Waals surface area contributed by atoms with Crippen molar-refractivity contribution in [3.63, 3.8) is 0 Å².